The minimum absolute atomic E-state index is 0.325. The molecule has 0 saturated carbocycles. The molecule has 5 nitrogen and oxygen atoms in total. The second-order valence-corrected chi connectivity index (χ2v) is 5.52. The van der Waals surface area contributed by atoms with E-state index in [4.69, 9.17) is 10.5 Å². The Morgan fingerprint density at radius 3 is 2.65 bits per heavy atom. The van der Waals surface area contributed by atoms with Gasteiger partial charge in [-0.2, -0.15) is 0 Å². The van der Waals surface area contributed by atoms with Gasteiger partial charge in [-0.15, -0.1) is 0 Å². The van der Waals surface area contributed by atoms with E-state index in [-0.39, 0.29) is 0 Å². The molecule has 0 aromatic heterocycles. The number of amides is 1. The van der Waals surface area contributed by atoms with Crippen LogP contribution >= 0.6 is 0 Å². The van der Waals surface area contributed by atoms with Crippen LogP contribution in [-0.4, -0.2) is 68.7 Å². The first kappa shape index (κ1) is 17.4. The highest BCUT2D eigenvalue weighted by molar-refractivity contribution is 5.76. The molecule has 1 saturated heterocycles. The maximum Gasteiger partial charge on any atom is 0.222 e. The molecule has 1 rings (SSSR count). The molecule has 118 valence electrons. The zero-order valence-corrected chi connectivity index (χ0v) is 13.0. The van der Waals surface area contributed by atoms with Crippen LogP contribution in [0.15, 0.2) is 0 Å². The number of rotatable bonds is 9. The van der Waals surface area contributed by atoms with Crippen LogP contribution in [0.4, 0.5) is 0 Å². The molecular weight excluding hydrogens is 254 g/mol. The fourth-order valence-electron chi connectivity index (χ4n) is 2.60. The monoisotopic (exact) mass is 285 g/mol. The molecular formula is C15H31N3O2. The van der Waals surface area contributed by atoms with E-state index in [1.165, 1.54) is 0 Å². The van der Waals surface area contributed by atoms with Crippen molar-refractivity contribution in [2.75, 3.05) is 53.0 Å². The van der Waals surface area contributed by atoms with Gasteiger partial charge in [0.2, 0.25) is 5.91 Å². The number of ether oxygens (including phenoxy) is 1. The van der Waals surface area contributed by atoms with Crippen molar-refractivity contribution in [2.45, 2.75) is 38.5 Å². The van der Waals surface area contributed by atoms with Crippen LogP contribution in [0.25, 0.3) is 0 Å². The van der Waals surface area contributed by atoms with Crippen molar-refractivity contribution < 1.29 is 9.53 Å². The number of carbonyl (C=O) groups excluding carboxylic acids is 1. The van der Waals surface area contributed by atoms with Gasteiger partial charge in [0.05, 0.1) is 6.61 Å². The topological polar surface area (TPSA) is 58.8 Å². The first-order valence-corrected chi connectivity index (χ1v) is 7.97. The summed E-state index contributed by atoms with van der Waals surface area (Å²) in [6.07, 6.45) is 6.12. The third kappa shape index (κ3) is 7.22. The Hall–Kier alpha value is -0.650. The molecule has 0 aromatic rings. The van der Waals surface area contributed by atoms with Crippen LogP contribution in [0.2, 0.25) is 0 Å². The van der Waals surface area contributed by atoms with Crippen molar-refractivity contribution in [3.63, 3.8) is 0 Å². The molecule has 0 atom stereocenters. The second kappa shape index (κ2) is 11.1. The number of hydrogen-bond donors (Lipinski definition) is 1. The van der Waals surface area contributed by atoms with E-state index < -0.39 is 0 Å². The van der Waals surface area contributed by atoms with Gasteiger partial charge >= 0.3 is 0 Å². The molecule has 0 unspecified atom stereocenters. The maximum absolute atomic E-state index is 12.2. The van der Waals surface area contributed by atoms with Gasteiger partial charge in [0.25, 0.3) is 0 Å². The lowest BCUT2D eigenvalue weighted by Gasteiger charge is -2.21. The van der Waals surface area contributed by atoms with Crippen LogP contribution in [0, 0.1) is 0 Å². The van der Waals surface area contributed by atoms with Gasteiger partial charge in [0.15, 0.2) is 0 Å². The van der Waals surface area contributed by atoms with E-state index in [0.29, 0.717) is 12.3 Å². The van der Waals surface area contributed by atoms with E-state index in [1.54, 1.807) is 7.11 Å². The Kier molecular flexibility index (Phi) is 9.62. The Balaban J connectivity index is 2.17. The summed E-state index contributed by atoms with van der Waals surface area (Å²) in [5, 5.41) is 0. The van der Waals surface area contributed by atoms with E-state index in [2.05, 4.69) is 4.90 Å². The number of unbranched alkanes of at least 4 members (excludes halogenated alkanes) is 3. The average molecular weight is 285 g/mol. The molecule has 2 N–H and O–H groups in total. The average Bonchev–Trinajstić information content (AvgIpc) is 2.70. The maximum atomic E-state index is 12.2. The summed E-state index contributed by atoms with van der Waals surface area (Å²) >= 11 is 0. The van der Waals surface area contributed by atoms with E-state index in [1.807, 2.05) is 4.90 Å². The molecule has 5 heteroatoms. The molecule has 20 heavy (non-hydrogen) atoms. The fraction of sp³-hybridized carbons (Fsp3) is 0.933. The molecule has 0 spiro atoms. The van der Waals surface area contributed by atoms with Crippen molar-refractivity contribution in [3.8, 4) is 0 Å². The molecule has 1 amide bonds. The lowest BCUT2D eigenvalue weighted by molar-refractivity contribution is -0.131. The quantitative estimate of drug-likeness (QED) is 0.644. The molecule has 1 aliphatic heterocycles. The Bertz CT molecular complexity index is 262. The Morgan fingerprint density at radius 1 is 1.10 bits per heavy atom. The molecule has 0 radical (unpaired) electrons. The molecule has 1 fully saturated rings. The van der Waals surface area contributed by atoms with Gasteiger partial charge in [0, 0.05) is 39.7 Å². The predicted octanol–water partition coefficient (Wildman–Crippen LogP) is 1.08. The highest BCUT2D eigenvalue weighted by Crippen LogP contribution is 2.08. The van der Waals surface area contributed by atoms with Gasteiger partial charge in [-0.3, -0.25) is 9.69 Å². The summed E-state index contributed by atoms with van der Waals surface area (Å²) in [6.45, 7) is 6.33. The van der Waals surface area contributed by atoms with E-state index in [0.717, 1.165) is 78.0 Å². The van der Waals surface area contributed by atoms with E-state index >= 15 is 0 Å². The Labute approximate surface area is 123 Å². The lowest BCUT2D eigenvalue weighted by atomic mass is 10.1. The van der Waals surface area contributed by atoms with Gasteiger partial charge < -0.3 is 15.4 Å². The minimum atomic E-state index is 0.325. The van der Waals surface area contributed by atoms with Crippen LogP contribution < -0.4 is 5.73 Å². The highest BCUT2D eigenvalue weighted by Gasteiger charge is 2.18. The Morgan fingerprint density at radius 2 is 1.90 bits per heavy atom. The SMILES string of the molecule is COCCN1CCCN(C(=O)CCCCCCN)CC1. The fourth-order valence-corrected chi connectivity index (χ4v) is 2.60. The number of nitrogens with zero attached hydrogens (tertiary/aromatic N) is 2. The summed E-state index contributed by atoms with van der Waals surface area (Å²) in [4.78, 5) is 16.6. The van der Waals surface area contributed by atoms with Crippen LogP contribution in [0.5, 0.6) is 0 Å². The zero-order chi connectivity index (χ0) is 14.6. The predicted molar refractivity (Wildman–Crippen MR) is 81.7 cm³/mol. The van der Waals surface area contributed by atoms with E-state index in [9.17, 15) is 4.79 Å². The van der Waals surface area contributed by atoms with Gasteiger partial charge in [0.1, 0.15) is 0 Å². The summed E-state index contributed by atoms with van der Waals surface area (Å²) in [7, 11) is 1.73. The highest BCUT2D eigenvalue weighted by atomic mass is 16.5. The number of hydrogen-bond acceptors (Lipinski definition) is 4. The van der Waals surface area contributed by atoms with Crippen molar-refractivity contribution >= 4 is 5.91 Å². The van der Waals surface area contributed by atoms with Crippen molar-refractivity contribution in [1.82, 2.24) is 9.80 Å². The van der Waals surface area contributed by atoms with Gasteiger partial charge in [-0.1, -0.05) is 12.8 Å². The second-order valence-electron chi connectivity index (χ2n) is 5.52. The minimum Gasteiger partial charge on any atom is -0.383 e. The molecule has 0 bridgehead atoms. The zero-order valence-electron chi connectivity index (χ0n) is 13.0. The lowest BCUT2D eigenvalue weighted by Crippen LogP contribution is -2.35. The third-order valence-electron chi connectivity index (χ3n) is 3.90. The third-order valence-corrected chi connectivity index (χ3v) is 3.90. The van der Waals surface area contributed by atoms with Crippen LogP contribution in [0.3, 0.4) is 0 Å². The summed E-state index contributed by atoms with van der Waals surface area (Å²) in [6, 6.07) is 0. The van der Waals surface area contributed by atoms with Gasteiger partial charge in [-0.25, -0.2) is 0 Å². The summed E-state index contributed by atoms with van der Waals surface area (Å²) in [5.41, 5.74) is 5.46. The first-order chi connectivity index (χ1) is 9.77. The van der Waals surface area contributed by atoms with Crippen molar-refractivity contribution in [3.05, 3.63) is 0 Å². The molecule has 1 heterocycles. The number of carbonyl (C=O) groups is 1. The number of methoxy groups -OCH3 is 1. The normalized spacial score (nSPS) is 17.2. The van der Waals surface area contributed by atoms with Crippen molar-refractivity contribution in [1.29, 1.82) is 0 Å². The number of nitrogens with two attached hydrogens (primary N) is 1. The largest absolute Gasteiger partial charge is 0.383 e. The van der Waals surface area contributed by atoms with Crippen LogP contribution in [-0.2, 0) is 9.53 Å². The van der Waals surface area contributed by atoms with Crippen molar-refractivity contribution in [2.24, 2.45) is 5.73 Å². The smallest absolute Gasteiger partial charge is 0.222 e. The molecule has 1 aliphatic rings. The molecule has 0 aromatic carbocycles. The summed E-state index contributed by atoms with van der Waals surface area (Å²) < 4.78 is 5.11. The summed E-state index contributed by atoms with van der Waals surface area (Å²) in [5.74, 6) is 0.325. The molecule has 0 aliphatic carbocycles. The first-order valence-electron chi connectivity index (χ1n) is 7.97. The van der Waals surface area contributed by atoms with Crippen LogP contribution in [0.1, 0.15) is 38.5 Å². The van der Waals surface area contributed by atoms with Gasteiger partial charge in [-0.05, 0) is 32.4 Å². The standard InChI is InChI=1S/C15H31N3O2/c1-20-14-13-17-9-6-10-18(12-11-17)15(19)7-4-2-3-5-8-16/h2-14,16H2,1H3.